The molecule has 28 heavy (non-hydrogen) atoms. The van der Waals surface area contributed by atoms with Gasteiger partial charge in [0.1, 0.15) is 22.6 Å². The fourth-order valence-electron chi connectivity index (χ4n) is 3.23. The highest BCUT2D eigenvalue weighted by atomic mass is 79.9. The Labute approximate surface area is 170 Å². The number of aldehydes is 1. The van der Waals surface area contributed by atoms with Crippen LogP contribution in [0.25, 0.3) is 33.7 Å². The molecule has 0 saturated heterocycles. The molecule has 0 amide bonds. The molecule has 144 valence electrons. The number of aryl methyl sites for hydroxylation is 1. The number of hydrogen-bond acceptors (Lipinski definition) is 5. The average Bonchev–Trinajstić information content (AvgIpc) is 3.43. The van der Waals surface area contributed by atoms with Gasteiger partial charge in [0.05, 0.1) is 6.54 Å². The van der Waals surface area contributed by atoms with Crippen molar-refractivity contribution in [2.45, 2.75) is 39.2 Å². The van der Waals surface area contributed by atoms with Gasteiger partial charge in [0.15, 0.2) is 16.7 Å². The number of halogens is 1. The summed E-state index contributed by atoms with van der Waals surface area (Å²) in [6, 6.07) is 11.1. The number of hydrogen-bond donors (Lipinski definition) is 0. The number of aromatic nitrogens is 3. The van der Waals surface area contributed by atoms with E-state index in [1.807, 2.05) is 24.3 Å². The van der Waals surface area contributed by atoms with Gasteiger partial charge < -0.3 is 8.83 Å². The summed E-state index contributed by atoms with van der Waals surface area (Å²) in [5.74, 6) is 1.60. The van der Waals surface area contributed by atoms with Gasteiger partial charge in [-0.3, -0.25) is 4.79 Å². The number of carbonyl (C=O) groups is 1. The van der Waals surface area contributed by atoms with Crippen molar-refractivity contribution in [1.82, 2.24) is 15.0 Å². The van der Waals surface area contributed by atoms with Gasteiger partial charge in [0, 0.05) is 11.1 Å². The van der Waals surface area contributed by atoms with Gasteiger partial charge >= 0.3 is 0 Å². The molecule has 0 aliphatic carbocycles. The Hall–Kier alpha value is -2.67. The summed E-state index contributed by atoms with van der Waals surface area (Å²) in [5, 5.41) is 9.45. The van der Waals surface area contributed by atoms with Crippen LogP contribution in [0.3, 0.4) is 0 Å². The van der Waals surface area contributed by atoms with Gasteiger partial charge in [-0.1, -0.05) is 26.2 Å². The summed E-state index contributed by atoms with van der Waals surface area (Å²) in [5.41, 5.74) is 3.15. The second-order valence-electron chi connectivity index (χ2n) is 6.64. The minimum atomic E-state index is 0.286. The first-order valence-corrected chi connectivity index (χ1v) is 10.2. The Balaban J connectivity index is 1.79. The summed E-state index contributed by atoms with van der Waals surface area (Å²) in [6.07, 6.45) is 5.27. The number of carbonyl (C=O) groups excluding carboxylic acids is 1. The lowest BCUT2D eigenvalue weighted by Crippen LogP contribution is -2.02. The predicted octanol–water partition coefficient (Wildman–Crippen LogP) is 6.11. The zero-order chi connectivity index (χ0) is 19.5. The van der Waals surface area contributed by atoms with Gasteiger partial charge in [0.25, 0.3) is 0 Å². The van der Waals surface area contributed by atoms with Gasteiger partial charge in [0.2, 0.25) is 0 Å². The molecule has 0 unspecified atom stereocenters. The Morgan fingerprint density at radius 3 is 2.18 bits per heavy atom. The molecule has 0 saturated carbocycles. The third-order valence-electron chi connectivity index (χ3n) is 4.64. The van der Waals surface area contributed by atoms with Crippen LogP contribution in [0.5, 0.6) is 0 Å². The van der Waals surface area contributed by atoms with Gasteiger partial charge in [-0.15, -0.1) is 0 Å². The largest absolute Gasteiger partial charge is 0.453 e. The van der Waals surface area contributed by atoms with Crippen LogP contribution < -0.4 is 0 Å². The Kier molecular flexibility index (Phi) is 5.43. The highest BCUT2D eigenvalue weighted by molar-refractivity contribution is 9.10. The SMILES string of the molecule is CCCCCCn1nc2c(-c3ccc(Br)o3)ccc(-c3ccc(C=O)o3)c2n1. The van der Waals surface area contributed by atoms with Gasteiger partial charge in [-0.2, -0.15) is 15.0 Å². The third kappa shape index (κ3) is 3.67. The van der Waals surface area contributed by atoms with Crippen molar-refractivity contribution in [2.24, 2.45) is 0 Å². The molecule has 3 aromatic heterocycles. The number of fused-ring (bicyclic) bond motifs is 1. The van der Waals surface area contributed by atoms with Crippen LogP contribution in [0.2, 0.25) is 0 Å². The molecule has 7 heteroatoms. The van der Waals surface area contributed by atoms with E-state index < -0.39 is 0 Å². The van der Waals surface area contributed by atoms with E-state index >= 15 is 0 Å². The van der Waals surface area contributed by atoms with Crippen LogP contribution in [-0.2, 0) is 6.54 Å². The number of rotatable bonds is 8. The molecule has 0 N–H and O–H groups in total. The lowest BCUT2D eigenvalue weighted by atomic mass is 10.1. The van der Waals surface area contributed by atoms with Crippen molar-refractivity contribution >= 4 is 33.2 Å². The molecule has 6 nitrogen and oxygen atoms in total. The first-order valence-electron chi connectivity index (χ1n) is 9.38. The quantitative estimate of drug-likeness (QED) is 0.243. The molecule has 1 aromatic carbocycles. The highest BCUT2D eigenvalue weighted by Gasteiger charge is 2.18. The van der Waals surface area contributed by atoms with E-state index in [0.717, 1.165) is 47.3 Å². The lowest BCUT2D eigenvalue weighted by Gasteiger charge is -2.02. The molecule has 0 fully saturated rings. The molecular weight excluding hydrogens is 422 g/mol. The first-order chi connectivity index (χ1) is 13.7. The van der Waals surface area contributed by atoms with E-state index in [4.69, 9.17) is 19.0 Å². The molecule has 0 radical (unpaired) electrons. The van der Waals surface area contributed by atoms with Crippen molar-refractivity contribution < 1.29 is 13.6 Å². The maximum absolute atomic E-state index is 11.0. The number of benzene rings is 1. The zero-order valence-electron chi connectivity index (χ0n) is 15.5. The van der Waals surface area contributed by atoms with E-state index in [0.29, 0.717) is 16.7 Å². The maximum Gasteiger partial charge on any atom is 0.185 e. The average molecular weight is 442 g/mol. The van der Waals surface area contributed by atoms with Crippen LogP contribution in [0, 0.1) is 0 Å². The summed E-state index contributed by atoms with van der Waals surface area (Å²) in [4.78, 5) is 12.7. The third-order valence-corrected chi connectivity index (χ3v) is 5.07. The van der Waals surface area contributed by atoms with Crippen LogP contribution in [0.4, 0.5) is 0 Å². The molecule has 4 aromatic rings. The van der Waals surface area contributed by atoms with Crippen molar-refractivity contribution in [3.05, 3.63) is 46.8 Å². The topological polar surface area (TPSA) is 74.1 Å². The monoisotopic (exact) mass is 441 g/mol. The van der Waals surface area contributed by atoms with Crippen molar-refractivity contribution in [3.8, 4) is 22.6 Å². The first kappa shape index (κ1) is 18.7. The van der Waals surface area contributed by atoms with Crippen molar-refractivity contribution in [3.63, 3.8) is 0 Å². The van der Waals surface area contributed by atoms with E-state index in [1.54, 1.807) is 16.9 Å². The molecule has 0 spiro atoms. The van der Waals surface area contributed by atoms with Crippen molar-refractivity contribution in [1.29, 1.82) is 0 Å². The summed E-state index contributed by atoms with van der Waals surface area (Å²) >= 11 is 3.35. The van der Waals surface area contributed by atoms with Gasteiger partial charge in [-0.05, 0) is 58.7 Å². The zero-order valence-corrected chi connectivity index (χ0v) is 17.1. The minimum Gasteiger partial charge on any atom is -0.453 e. The van der Waals surface area contributed by atoms with E-state index in [1.165, 1.54) is 12.8 Å². The van der Waals surface area contributed by atoms with Crippen LogP contribution in [0.15, 0.2) is 49.9 Å². The van der Waals surface area contributed by atoms with Crippen LogP contribution >= 0.6 is 15.9 Å². The van der Waals surface area contributed by atoms with Crippen LogP contribution in [-0.4, -0.2) is 21.3 Å². The minimum absolute atomic E-state index is 0.286. The molecule has 4 rings (SSSR count). The molecular formula is C21H20BrN3O3. The van der Waals surface area contributed by atoms with Gasteiger partial charge in [-0.25, -0.2) is 0 Å². The Morgan fingerprint density at radius 1 is 0.929 bits per heavy atom. The smallest absolute Gasteiger partial charge is 0.185 e. The predicted molar refractivity (Wildman–Crippen MR) is 110 cm³/mol. The second-order valence-corrected chi connectivity index (χ2v) is 7.42. The Bertz CT molecular complexity index is 1110. The lowest BCUT2D eigenvalue weighted by molar-refractivity contribution is 0.110. The molecule has 0 aliphatic rings. The van der Waals surface area contributed by atoms with E-state index in [-0.39, 0.29) is 5.76 Å². The highest BCUT2D eigenvalue weighted by Crippen LogP contribution is 2.35. The molecule has 0 bridgehead atoms. The summed E-state index contributed by atoms with van der Waals surface area (Å²) in [6.45, 7) is 2.95. The fourth-order valence-corrected chi connectivity index (χ4v) is 3.54. The standard InChI is InChI=1S/C21H20BrN3O3/c1-2-3-4-5-12-25-23-20-15(17-9-6-14(13-26)27-17)7-8-16(21(20)24-25)18-10-11-19(22)28-18/h6-11,13H,2-5,12H2,1H3. The molecule has 0 atom stereocenters. The molecule has 3 heterocycles. The van der Waals surface area contributed by atoms with Crippen molar-refractivity contribution in [2.75, 3.05) is 0 Å². The normalized spacial score (nSPS) is 11.4. The maximum atomic E-state index is 11.0. The van der Waals surface area contributed by atoms with Crippen LogP contribution in [0.1, 0.15) is 43.2 Å². The number of nitrogens with zero attached hydrogens (tertiary/aromatic N) is 3. The summed E-state index contributed by atoms with van der Waals surface area (Å²) in [7, 11) is 0. The second kappa shape index (κ2) is 8.14. The Morgan fingerprint density at radius 2 is 1.61 bits per heavy atom. The van der Waals surface area contributed by atoms with E-state index in [9.17, 15) is 4.79 Å². The number of unbranched alkanes of at least 4 members (excludes halogenated alkanes) is 3. The summed E-state index contributed by atoms with van der Waals surface area (Å²) < 4.78 is 12.0. The molecule has 0 aliphatic heterocycles. The van der Waals surface area contributed by atoms with E-state index in [2.05, 4.69) is 22.9 Å². The fraction of sp³-hybridized carbons (Fsp3) is 0.286. The number of furan rings is 2.